The quantitative estimate of drug-likeness (QED) is 0.467. The average Bonchev–Trinajstić information content (AvgIpc) is 2.62. The smallest absolute Gasteiger partial charge is 0.310 e. The minimum absolute atomic E-state index is 0.0799. The minimum atomic E-state index is -0.394. The number of nitro benzene ring substituents is 1. The standard InChI is InChI=1S/C8H7N3O2S/c1-14-6-3-2-5-7(10-4-9-5)8(6)11(12)13/h2-4H,1H3,(H,9,10). The summed E-state index contributed by atoms with van der Waals surface area (Å²) in [6.45, 7) is 0. The third-order valence-corrected chi connectivity index (χ3v) is 2.70. The van der Waals surface area contributed by atoms with Crippen molar-refractivity contribution in [2.45, 2.75) is 4.90 Å². The fourth-order valence-electron chi connectivity index (χ4n) is 1.32. The van der Waals surface area contributed by atoms with Crippen LogP contribution in [0.3, 0.4) is 0 Å². The van der Waals surface area contributed by atoms with E-state index in [-0.39, 0.29) is 5.69 Å². The number of rotatable bonds is 2. The second-order valence-electron chi connectivity index (χ2n) is 2.67. The maximum absolute atomic E-state index is 10.8. The van der Waals surface area contributed by atoms with Gasteiger partial charge in [0.2, 0.25) is 0 Å². The van der Waals surface area contributed by atoms with E-state index in [4.69, 9.17) is 0 Å². The minimum Gasteiger partial charge on any atom is -0.344 e. The number of aromatic nitrogens is 2. The van der Waals surface area contributed by atoms with Crippen LogP contribution in [0.25, 0.3) is 11.0 Å². The highest BCUT2D eigenvalue weighted by Gasteiger charge is 2.19. The third kappa shape index (κ3) is 1.24. The average molecular weight is 209 g/mol. The van der Waals surface area contributed by atoms with Gasteiger partial charge in [-0.25, -0.2) is 4.98 Å². The lowest BCUT2D eigenvalue weighted by Gasteiger charge is -1.98. The van der Waals surface area contributed by atoms with Crippen molar-refractivity contribution in [1.29, 1.82) is 0 Å². The molecule has 1 aromatic carbocycles. The molecule has 14 heavy (non-hydrogen) atoms. The summed E-state index contributed by atoms with van der Waals surface area (Å²) in [5.41, 5.74) is 1.19. The Bertz CT molecular complexity index is 494. The molecule has 0 saturated heterocycles. The number of benzene rings is 1. The summed E-state index contributed by atoms with van der Waals surface area (Å²) in [7, 11) is 0. The predicted octanol–water partition coefficient (Wildman–Crippen LogP) is 2.19. The lowest BCUT2D eigenvalue weighted by molar-refractivity contribution is -0.386. The van der Waals surface area contributed by atoms with Gasteiger partial charge in [-0.1, -0.05) is 0 Å². The lowest BCUT2D eigenvalue weighted by atomic mass is 10.3. The first-order valence-corrected chi connectivity index (χ1v) is 5.11. The van der Waals surface area contributed by atoms with Gasteiger partial charge in [0.1, 0.15) is 0 Å². The van der Waals surface area contributed by atoms with Crippen molar-refractivity contribution in [2.24, 2.45) is 0 Å². The van der Waals surface area contributed by atoms with Gasteiger partial charge in [0.25, 0.3) is 0 Å². The SMILES string of the molecule is CSc1ccc2[nH]cnc2c1[N+](=O)[O-]. The van der Waals surface area contributed by atoms with Gasteiger partial charge in [-0.2, -0.15) is 0 Å². The summed E-state index contributed by atoms with van der Waals surface area (Å²) >= 11 is 1.35. The first-order chi connectivity index (χ1) is 6.74. The number of nitrogens with zero attached hydrogens (tertiary/aromatic N) is 2. The van der Waals surface area contributed by atoms with Gasteiger partial charge in [0, 0.05) is 0 Å². The zero-order chi connectivity index (χ0) is 10.1. The van der Waals surface area contributed by atoms with Crippen LogP contribution >= 0.6 is 11.8 Å². The number of thioether (sulfide) groups is 1. The van der Waals surface area contributed by atoms with Crippen molar-refractivity contribution in [3.05, 3.63) is 28.6 Å². The number of imidazole rings is 1. The first-order valence-electron chi connectivity index (χ1n) is 3.88. The number of fused-ring (bicyclic) bond motifs is 1. The second kappa shape index (κ2) is 3.30. The molecule has 5 nitrogen and oxygen atoms in total. The molecular weight excluding hydrogens is 202 g/mol. The van der Waals surface area contributed by atoms with Crippen LogP contribution in [0.2, 0.25) is 0 Å². The van der Waals surface area contributed by atoms with E-state index in [1.807, 2.05) is 0 Å². The molecule has 0 atom stereocenters. The number of H-pyrrole nitrogens is 1. The lowest BCUT2D eigenvalue weighted by Crippen LogP contribution is -1.92. The molecule has 1 heterocycles. The van der Waals surface area contributed by atoms with Crippen molar-refractivity contribution >= 4 is 28.5 Å². The molecule has 6 heteroatoms. The fourth-order valence-corrected chi connectivity index (χ4v) is 1.88. The Kier molecular flexibility index (Phi) is 2.12. The van der Waals surface area contributed by atoms with Gasteiger partial charge in [-0.15, -0.1) is 11.8 Å². The molecule has 0 unspecified atom stereocenters. The zero-order valence-corrected chi connectivity index (χ0v) is 8.17. The van der Waals surface area contributed by atoms with Crippen LogP contribution in [0.1, 0.15) is 0 Å². The summed E-state index contributed by atoms with van der Waals surface area (Å²) in [4.78, 5) is 17.9. The Morgan fingerprint density at radius 1 is 1.57 bits per heavy atom. The fraction of sp³-hybridized carbons (Fsp3) is 0.125. The van der Waals surface area contributed by atoms with Gasteiger partial charge in [-0.05, 0) is 18.4 Å². The van der Waals surface area contributed by atoms with E-state index in [9.17, 15) is 10.1 Å². The molecule has 0 fully saturated rings. The van der Waals surface area contributed by atoms with E-state index in [1.54, 1.807) is 18.4 Å². The monoisotopic (exact) mass is 209 g/mol. The highest BCUT2D eigenvalue weighted by atomic mass is 32.2. The van der Waals surface area contributed by atoms with E-state index in [2.05, 4.69) is 9.97 Å². The number of aromatic amines is 1. The van der Waals surface area contributed by atoms with Gasteiger partial charge in [0.15, 0.2) is 5.52 Å². The molecule has 1 aromatic heterocycles. The largest absolute Gasteiger partial charge is 0.344 e. The summed E-state index contributed by atoms with van der Waals surface area (Å²) < 4.78 is 0. The Hall–Kier alpha value is -1.56. The molecule has 0 spiro atoms. The zero-order valence-electron chi connectivity index (χ0n) is 7.35. The molecule has 0 radical (unpaired) electrons. The van der Waals surface area contributed by atoms with Crippen molar-refractivity contribution in [3.63, 3.8) is 0 Å². The van der Waals surface area contributed by atoms with Crippen LogP contribution in [0, 0.1) is 10.1 Å². The Morgan fingerprint density at radius 2 is 2.36 bits per heavy atom. The number of nitrogens with one attached hydrogen (secondary N) is 1. The predicted molar refractivity (Wildman–Crippen MR) is 54.5 cm³/mol. The normalized spacial score (nSPS) is 10.6. The van der Waals surface area contributed by atoms with Crippen LogP contribution in [0.4, 0.5) is 5.69 Å². The van der Waals surface area contributed by atoms with Crippen LogP contribution in [0.5, 0.6) is 0 Å². The molecule has 0 bridgehead atoms. The van der Waals surface area contributed by atoms with E-state index in [0.29, 0.717) is 15.9 Å². The number of hydrogen-bond acceptors (Lipinski definition) is 4. The highest BCUT2D eigenvalue weighted by molar-refractivity contribution is 7.98. The Balaban J connectivity index is 2.82. The molecule has 0 aliphatic heterocycles. The van der Waals surface area contributed by atoms with Crippen LogP contribution in [-0.4, -0.2) is 21.1 Å². The molecule has 2 rings (SSSR count). The van der Waals surface area contributed by atoms with Crippen LogP contribution in [-0.2, 0) is 0 Å². The molecule has 2 aromatic rings. The molecular formula is C8H7N3O2S. The topological polar surface area (TPSA) is 71.8 Å². The summed E-state index contributed by atoms with van der Waals surface area (Å²) in [5.74, 6) is 0. The third-order valence-electron chi connectivity index (χ3n) is 1.93. The number of hydrogen-bond donors (Lipinski definition) is 1. The molecule has 0 aliphatic rings. The second-order valence-corrected chi connectivity index (χ2v) is 3.52. The highest BCUT2D eigenvalue weighted by Crippen LogP contribution is 2.32. The van der Waals surface area contributed by atoms with E-state index in [1.165, 1.54) is 18.1 Å². The van der Waals surface area contributed by atoms with Crippen molar-refractivity contribution < 1.29 is 4.92 Å². The summed E-state index contributed by atoms with van der Waals surface area (Å²) in [5, 5.41) is 10.8. The van der Waals surface area contributed by atoms with Gasteiger partial charge in [-0.3, -0.25) is 10.1 Å². The first kappa shape index (κ1) is 9.01. The van der Waals surface area contributed by atoms with E-state index < -0.39 is 4.92 Å². The van der Waals surface area contributed by atoms with Gasteiger partial charge >= 0.3 is 5.69 Å². The van der Waals surface area contributed by atoms with Crippen molar-refractivity contribution in [3.8, 4) is 0 Å². The summed E-state index contributed by atoms with van der Waals surface area (Å²) in [6.07, 6.45) is 3.27. The summed E-state index contributed by atoms with van der Waals surface area (Å²) in [6, 6.07) is 3.52. The van der Waals surface area contributed by atoms with E-state index >= 15 is 0 Å². The molecule has 72 valence electrons. The van der Waals surface area contributed by atoms with Crippen LogP contribution < -0.4 is 0 Å². The van der Waals surface area contributed by atoms with Crippen molar-refractivity contribution in [1.82, 2.24) is 9.97 Å². The maximum atomic E-state index is 10.8. The van der Waals surface area contributed by atoms with Gasteiger partial charge in [0.05, 0.1) is 21.7 Å². The molecule has 0 saturated carbocycles. The van der Waals surface area contributed by atoms with Gasteiger partial charge < -0.3 is 4.98 Å². The Morgan fingerprint density at radius 3 is 3.00 bits per heavy atom. The number of nitro groups is 1. The van der Waals surface area contributed by atoms with E-state index in [0.717, 1.165) is 0 Å². The maximum Gasteiger partial charge on any atom is 0.310 e. The molecule has 0 aliphatic carbocycles. The Labute approximate surface area is 83.7 Å². The van der Waals surface area contributed by atoms with Crippen LogP contribution in [0.15, 0.2) is 23.4 Å². The van der Waals surface area contributed by atoms with Crippen molar-refractivity contribution in [2.75, 3.05) is 6.26 Å². The molecule has 0 amide bonds. The molecule has 1 N–H and O–H groups in total.